The van der Waals surface area contributed by atoms with E-state index in [1.54, 1.807) is 0 Å². The highest BCUT2D eigenvalue weighted by molar-refractivity contribution is 5.26. The molecule has 25 heavy (non-hydrogen) atoms. The number of alkyl halides is 3. The molecule has 2 nitrogen and oxygen atoms in total. The van der Waals surface area contributed by atoms with Gasteiger partial charge in [-0.25, -0.2) is 0 Å². The Labute approximate surface area is 150 Å². The van der Waals surface area contributed by atoms with Crippen LogP contribution < -0.4 is 0 Å². The maximum atomic E-state index is 12.9. The monoisotopic (exact) mass is 356 g/mol. The number of rotatable bonds is 4. The van der Waals surface area contributed by atoms with Gasteiger partial charge in [0.1, 0.15) is 0 Å². The van der Waals surface area contributed by atoms with Crippen molar-refractivity contribution in [2.75, 3.05) is 27.2 Å². The van der Waals surface area contributed by atoms with Crippen molar-refractivity contribution < 1.29 is 13.2 Å². The smallest absolute Gasteiger partial charge is 0.302 e. The summed E-state index contributed by atoms with van der Waals surface area (Å²) in [6.07, 6.45) is -0.527. The minimum Gasteiger partial charge on any atom is -0.302 e. The summed E-state index contributed by atoms with van der Waals surface area (Å²) in [6, 6.07) is 5.77. The molecule has 0 bridgehead atoms. The van der Waals surface area contributed by atoms with Crippen LogP contribution in [0.1, 0.15) is 51.2 Å². The SMILES string of the molecule is CN(C)[C@@]1(CCc2cccc(C(F)(F)F)c2)CCCN(C(C)(C)C)C1. The Bertz CT molecular complexity index is 575. The van der Waals surface area contributed by atoms with Gasteiger partial charge in [-0.15, -0.1) is 0 Å². The summed E-state index contributed by atoms with van der Waals surface area (Å²) in [5, 5.41) is 0. The molecule has 5 heteroatoms. The molecule has 0 aromatic heterocycles. The van der Waals surface area contributed by atoms with E-state index in [9.17, 15) is 13.2 Å². The van der Waals surface area contributed by atoms with Crippen LogP contribution in [0.4, 0.5) is 13.2 Å². The second kappa shape index (κ2) is 7.28. The van der Waals surface area contributed by atoms with Gasteiger partial charge in [-0.05, 0) is 78.7 Å². The average Bonchev–Trinajstić information content (AvgIpc) is 2.52. The highest BCUT2D eigenvalue weighted by Crippen LogP contribution is 2.34. The normalized spacial score (nSPS) is 23.2. The average molecular weight is 356 g/mol. The molecule has 142 valence electrons. The quantitative estimate of drug-likeness (QED) is 0.762. The first-order valence-electron chi connectivity index (χ1n) is 9.03. The molecule has 1 atom stereocenters. The van der Waals surface area contributed by atoms with Crippen LogP contribution in [0.15, 0.2) is 24.3 Å². The molecule has 1 aromatic rings. The molecule has 1 aliphatic rings. The lowest BCUT2D eigenvalue weighted by atomic mass is 9.81. The van der Waals surface area contributed by atoms with Crippen molar-refractivity contribution in [1.29, 1.82) is 0 Å². The second-order valence-corrected chi connectivity index (χ2v) is 8.51. The lowest BCUT2D eigenvalue weighted by molar-refractivity contribution is -0.137. The standard InChI is InChI=1S/C20H31F3N2/c1-18(2,3)25-13-7-11-19(15-25,24(4)5)12-10-16-8-6-9-17(14-16)20(21,22)23/h6,8-9,14H,7,10-13,15H2,1-5H3/t19-/m1/s1. The van der Waals surface area contributed by atoms with E-state index in [0.717, 1.165) is 44.0 Å². The molecule has 1 saturated heterocycles. The summed E-state index contributed by atoms with van der Waals surface area (Å²) in [4.78, 5) is 4.78. The van der Waals surface area contributed by atoms with E-state index in [1.165, 1.54) is 12.1 Å². The molecule has 0 amide bonds. The third-order valence-corrected chi connectivity index (χ3v) is 5.59. The Morgan fingerprint density at radius 3 is 2.40 bits per heavy atom. The predicted molar refractivity (Wildman–Crippen MR) is 96.7 cm³/mol. The maximum Gasteiger partial charge on any atom is 0.416 e. The lowest BCUT2D eigenvalue weighted by Crippen LogP contribution is -2.60. The number of hydrogen-bond acceptors (Lipinski definition) is 2. The van der Waals surface area contributed by atoms with Crippen LogP contribution in [0.5, 0.6) is 0 Å². The molecule has 0 unspecified atom stereocenters. The molecular formula is C20H31F3N2. The van der Waals surface area contributed by atoms with Gasteiger partial charge in [-0.2, -0.15) is 13.2 Å². The summed E-state index contributed by atoms with van der Waals surface area (Å²) in [5.41, 5.74) is 0.338. The van der Waals surface area contributed by atoms with Crippen LogP contribution in [0, 0.1) is 0 Å². The fourth-order valence-electron chi connectivity index (χ4n) is 3.76. The molecule has 0 radical (unpaired) electrons. The highest BCUT2D eigenvalue weighted by atomic mass is 19.4. The van der Waals surface area contributed by atoms with Gasteiger partial charge in [0.25, 0.3) is 0 Å². The molecular weight excluding hydrogens is 325 g/mol. The zero-order chi connectivity index (χ0) is 18.9. The number of piperidine rings is 1. The van der Waals surface area contributed by atoms with Crippen molar-refractivity contribution in [2.24, 2.45) is 0 Å². The van der Waals surface area contributed by atoms with Crippen molar-refractivity contribution in [3.05, 3.63) is 35.4 Å². The Hall–Kier alpha value is -1.07. The van der Waals surface area contributed by atoms with E-state index in [-0.39, 0.29) is 11.1 Å². The Morgan fingerprint density at radius 1 is 1.16 bits per heavy atom. The minimum atomic E-state index is -4.27. The fraction of sp³-hybridized carbons (Fsp3) is 0.700. The van der Waals surface area contributed by atoms with E-state index in [2.05, 4.69) is 44.7 Å². The minimum absolute atomic E-state index is 0.0137. The Balaban J connectivity index is 2.15. The van der Waals surface area contributed by atoms with Gasteiger partial charge in [-0.3, -0.25) is 4.90 Å². The zero-order valence-electron chi connectivity index (χ0n) is 16.1. The topological polar surface area (TPSA) is 6.48 Å². The molecule has 1 fully saturated rings. The third kappa shape index (κ3) is 4.98. The molecule has 0 N–H and O–H groups in total. The van der Waals surface area contributed by atoms with Crippen LogP contribution in [0.25, 0.3) is 0 Å². The maximum absolute atomic E-state index is 12.9. The molecule has 0 spiro atoms. The van der Waals surface area contributed by atoms with Crippen molar-refractivity contribution in [3.63, 3.8) is 0 Å². The Kier molecular flexibility index (Phi) is 5.89. The molecule has 0 saturated carbocycles. The first-order chi connectivity index (χ1) is 11.4. The van der Waals surface area contributed by atoms with Gasteiger partial charge in [0, 0.05) is 17.6 Å². The zero-order valence-corrected chi connectivity index (χ0v) is 16.1. The molecule has 0 aliphatic carbocycles. The largest absolute Gasteiger partial charge is 0.416 e. The number of likely N-dealkylation sites (N-methyl/N-ethyl adjacent to an activating group) is 1. The van der Waals surface area contributed by atoms with Gasteiger partial charge >= 0.3 is 6.18 Å². The van der Waals surface area contributed by atoms with Crippen LogP contribution in [0.3, 0.4) is 0 Å². The van der Waals surface area contributed by atoms with E-state index in [0.29, 0.717) is 6.42 Å². The van der Waals surface area contributed by atoms with Crippen molar-refractivity contribution in [1.82, 2.24) is 9.80 Å². The molecule has 1 aromatic carbocycles. The lowest BCUT2D eigenvalue weighted by Gasteiger charge is -2.51. The molecule has 1 heterocycles. The van der Waals surface area contributed by atoms with Crippen LogP contribution in [-0.4, -0.2) is 48.1 Å². The van der Waals surface area contributed by atoms with Gasteiger partial charge in [0.05, 0.1) is 5.56 Å². The predicted octanol–water partition coefficient (Wildman–Crippen LogP) is 4.83. The highest BCUT2D eigenvalue weighted by Gasteiger charge is 2.40. The van der Waals surface area contributed by atoms with Crippen LogP contribution >= 0.6 is 0 Å². The van der Waals surface area contributed by atoms with E-state index in [1.807, 2.05) is 6.07 Å². The number of likely N-dealkylation sites (tertiary alicyclic amines) is 1. The van der Waals surface area contributed by atoms with Crippen molar-refractivity contribution in [2.45, 2.75) is 63.7 Å². The molecule has 2 rings (SSSR count). The van der Waals surface area contributed by atoms with E-state index < -0.39 is 11.7 Å². The van der Waals surface area contributed by atoms with E-state index >= 15 is 0 Å². The fourth-order valence-corrected chi connectivity index (χ4v) is 3.76. The van der Waals surface area contributed by atoms with E-state index in [4.69, 9.17) is 0 Å². The first kappa shape index (κ1) is 20.2. The summed E-state index contributed by atoms with van der Waals surface area (Å²) in [7, 11) is 4.19. The summed E-state index contributed by atoms with van der Waals surface area (Å²) < 4.78 is 38.8. The van der Waals surface area contributed by atoms with Gasteiger partial charge < -0.3 is 4.90 Å². The van der Waals surface area contributed by atoms with Crippen molar-refractivity contribution >= 4 is 0 Å². The van der Waals surface area contributed by atoms with Gasteiger partial charge in [0.2, 0.25) is 0 Å². The van der Waals surface area contributed by atoms with Crippen LogP contribution in [0.2, 0.25) is 0 Å². The summed E-state index contributed by atoms with van der Waals surface area (Å²) >= 11 is 0. The molecule has 1 aliphatic heterocycles. The third-order valence-electron chi connectivity index (χ3n) is 5.59. The number of aryl methyl sites for hydroxylation is 1. The summed E-state index contributed by atoms with van der Waals surface area (Å²) in [5.74, 6) is 0. The second-order valence-electron chi connectivity index (χ2n) is 8.51. The Morgan fingerprint density at radius 2 is 1.84 bits per heavy atom. The number of benzene rings is 1. The first-order valence-corrected chi connectivity index (χ1v) is 9.03. The van der Waals surface area contributed by atoms with Gasteiger partial charge in [0.15, 0.2) is 0 Å². The van der Waals surface area contributed by atoms with Gasteiger partial charge in [-0.1, -0.05) is 18.2 Å². The summed E-state index contributed by atoms with van der Waals surface area (Å²) in [6.45, 7) is 8.73. The van der Waals surface area contributed by atoms with Crippen LogP contribution in [-0.2, 0) is 12.6 Å². The number of nitrogens with zero attached hydrogens (tertiary/aromatic N) is 2. The van der Waals surface area contributed by atoms with Crippen molar-refractivity contribution in [3.8, 4) is 0 Å². The number of halogens is 3. The number of hydrogen-bond donors (Lipinski definition) is 0.